The summed E-state index contributed by atoms with van der Waals surface area (Å²) in [6.07, 6.45) is 0.954. The van der Waals surface area contributed by atoms with Gasteiger partial charge in [-0.2, -0.15) is 4.31 Å². The predicted molar refractivity (Wildman–Crippen MR) is 139 cm³/mol. The number of rotatable bonds is 8. The van der Waals surface area contributed by atoms with Gasteiger partial charge in [0.05, 0.1) is 15.4 Å². The Hall–Kier alpha value is -2.80. The summed E-state index contributed by atoms with van der Waals surface area (Å²) in [5, 5.41) is 2.55. The molecule has 3 rings (SSSR count). The van der Waals surface area contributed by atoms with Crippen molar-refractivity contribution in [1.82, 2.24) is 8.61 Å². The van der Waals surface area contributed by atoms with E-state index in [0.29, 0.717) is 18.7 Å². The molecule has 1 amide bonds. The van der Waals surface area contributed by atoms with E-state index in [1.54, 1.807) is 13.0 Å². The normalized spacial score (nSPS) is 19.0. The van der Waals surface area contributed by atoms with Gasteiger partial charge in [0, 0.05) is 32.9 Å². The van der Waals surface area contributed by atoms with Gasteiger partial charge in [0.1, 0.15) is 0 Å². The summed E-state index contributed by atoms with van der Waals surface area (Å²) in [6, 6.07) is 9.89. The molecule has 0 saturated carbocycles. The van der Waals surface area contributed by atoms with Crippen molar-refractivity contribution >= 4 is 37.6 Å². The summed E-state index contributed by atoms with van der Waals surface area (Å²) >= 11 is 0. The third-order valence-corrected chi connectivity index (χ3v) is 9.78. The Morgan fingerprint density at radius 2 is 1.65 bits per heavy atom. The number of nitrogens with zero attached hydrogens (tertiary/aromatic N) is 2. The van der Waals surface area contributed by atoms with Crippen LogP contribution < -0.4 is 5.32 Å². The second kappa shape index (κ2) is 11.3. The Morgan fingerprint density at radius 3 is 2.27 bits per heavy atom. The number of benzene rings is 2. The summed E-state index contributed by atoms with van der Waals surface area (Å²) in [7, 11) is -4.68. The van der Waals surface area contributed by atoms with Crippen molar-refractivity contribution in [3.05, 3.63) is 53.6 Å². The van der Waals surface area contributed by atoms with Crippen molar-refractivity contribution in [2.75, 3.05) is 39.1 Å². The fourth-order valence-corrected chi connectivity index (χ4v) is 6.90. The van der Waals surface area contributed by atoms with E-state index in [-0.39, 0.29) is 32.9 Å². The molecule has 2 aromatic rings. The van der Waals surface area contributed by atoms with Gasteiger partial charge in [-0.25, -0.2) is 25.9 Å². The summed E-state index contributed by atoms with van der Waals surface area (Å²) in [4.78, 5) is 25.0. The Morgan fingerprint density at radius 1 is 1.00 bits per heavy atom. The first-order valence-corrected chi connectivity index (χ1v) is 14.7. The zero-order valence-electron chi connectivity index (χ0n) is 21.6. The van der Waals surface area contributed by atoms with Gasteiger partial charge in [0.2, 0.25) is 20.0 Å². The van der Waals surface area contributed by atoms with Gasteiger partial charge in [-0.3, -0.25) is 4.79 Å². The molecule has 0 aliphatic carbocycles. The molecule has 202 valence electrons. The number of ether oxygens (including phenoxy) is 1. The smallest absolute Gasteiger partial charge is 0.338 e. The number of aryl methyl sites for hydroxylation is 1. The highest BCUT2D eigenvalue weighted by Crippen LogP contribution is 2.27. The molecule has 0 bridgehead atoms. The number of piperidine rings is 1. The van der Waals surface area contributed by atoms with Crippen LogP contribution in [-0.4, -0.2) is 71.1 Å². The molecule has 0 radical (unpaired) electrons. The Balaban J connectivity index is 1.68. The molecule has 1 aliphatic heterocycles. The van der Waals surface area contributed by atoms with Crippen molar-refractivity contribution in [2.24, 2.45) is 11.8 Å². The minimum absolute atomic E-state index is 0.00207. The van der Waals surface area contributed by atoms with Gasteiger partial charge in [0.25, 0.3) is 5.91 Å². The summed E-state index contributed by atoms with van der Waals surface area (Å²) in [5.74, 6) is -1.06. The summed E-state index contributed by atoms with van der Waals surface area (Å²) in [5.41, 5.74) is 0.890. The third kappa shape index (κ3) is 6.75. The quantitative estimate of drug-likeness (QED) is 0.499. The maximum Gasteiger partial charge on any atom is 0.338 e. The molecule has 2 aromatic carbocycles. The number of anilines is 1. The highest BCUT2D eigenvalue weighted by atomic mass is 32.2. The zero-order chi connectivity index (χ0) is 27.5. The minimum atomic E-state index is -3.79. The molecule has 2 atom stereocenters. The van der Waals surface area contributed by atoms with Crippen LogP contribution in [0, 0.1) is 18.8 Å². The van der Waals surface area contributed by atoms with Gasteiger partial charge in [0.15, 0.2) is 6.61 Å². The molecule has 1 heterocycles. The highest BCUT2D eigenvalue weighted by Gasteiger charge is 2.32. The molecule has 1 aliphatic rings. The average molecular weight is 552 g/mol. The second-order valence-corrected chi connectivity index (χ2v) is 13.8. The van der Waals surface area contributed by atoms with E-state index < -0.39 is 38.5 Å². The fourth-order valence-electron chi connectivity index (χ4n) is 4.24. The molecular weight excluding hydrogens is 518 g/mol. The van der Waals surface area contributed by atoms with E-state index in [1.807, 2.05) is 13.8 Å². The van der Waals surface area contributed by atoms with Crippen molar-refractivity contribution in [3.63, 3.8) is 0 Å². The Kier molecular flexibility index (Phi) is 8.78. The van der Waals surface area contributed by atoms with Crippen molar-refractivity contribution < 1.29 is 31.2 Å². The molecule has 12 heteroatoms. The van der Waals surface area contributed by atoms with Crippen LogP contribution in [0.15, 0.2) is 52.3 Å². The number of sulfonamides is 2. The fraction of sp³-hybridized carbons (Fsp3) is 0.440. The predicted octanol–water partition coefficient (Wildman–Crippen LogP) is 2.71. The lowest BCUT2D eigenvalue weighted by Crippen LogP contribution is -2.42. The SMILES string of the molecule is Cc1ccc(S(=O)(=O)N(C)C)cc1NC(=O)COC(=O)c1cccc(S(=O)(=O)N2C[C@@H](C)C[C@H](C)C2)c1. The first-order valence-electron chi connectivity index (χ1n) is 11.8. The van der Waals surface area contributed by atoms with Gasteiger partial charge in [-0.15, -0.1) is 0 Å². The topological polar surface area (TPSA) is 130 Å². The van der Waals surface area contributed by atoms with Crippen LogP contribution in [0.5, 0.6) is 0 Å². The number of nitrogens with one attached hydrogen (secondary N) is 1. The molecule has 1 N–H and O–H groups in total. The van der Waals surface area contributed by atoms with Crippen molar-refractivity contribution in [3.8, 4) is 0 Å². The van der Waals surface area contributed by atoms with Gasteiger partial charge >= 0.3 is 5.97 Å². The summed E-state index contributed by atoms with van der Waals surface area (Å²) < 4.78 is 58.7. The number of esters is 1. The lowest BCUT2D eigenvalue weighted by molar-refractivity contribution is -0.119. The van der Waals surface area contributed by atoms with E-state index >= 15 is 0 Å². The monoisotopic (exact) mass is 551 g/mol. The molecule has 0 unspecified atom stereocenters. The zero-order valence-corrected chi connectivity index (χ0v) is 23.2. The van der Waals surface area contributed by atoms with E-state index in [9.17, 15) is 26.4 Å². The van der Waals surface area contributed by atoms with Crippen LogP contribution in [0.25, 0.3) is 0 Å². The molecule has 37 heavy (non-hydrogen) atoms. The van der Waals surface area contributed by atoms with E-state index in [1.165, 1.54) is 54.8 Å². The third-order valence-electron chi connectivity index (χ3n) is 6.14. The van der Waals surface area contributed by atoms with Crippen LogP contribution in [0.3, 0.4) is 0 Å². The van der Waals surface area contributed by atoms with Crippen LogP contribution >= 0.6 is 0 Å². The average Bonchev–Trinajstić information content (AvgIpc) is 2.83. The molecule has 1 fully saturated rings. The lowest BCUT2D eigenvalue weighted by atomic mass is 9.94. The maximum absolute atomic E-state index is 13.2. The van der Waals surface area contributed by atoms with Gasteiger partial charge in [-0.05, 0) is 61.1 Å². The van der Waals surface area contributed by atoms with E-state index in [2.05, 4.69) is 5.32 Å². The number of amides is 1. The number of hydrogen-bond acceptors (Lipinski definition) is 7. The standard InChI is InChI=1S/C25H33N3O7S2/c1-17-11-18(2)15-28(14-17)37(33,34)21-8-6-7-20(12-21)25(30)35-16-24(29)26-23-13-22(10-9-19(23)3)36(31,32)27(4)5/h6-10,12-13,17-18H,11,14-16H2,1-5H3,(H,26,29)/t17-,18-/m0/s1. The molecule has 1 saturated heterocycles. The first-order chi connectivity index (χ1) is 17.2. The highest BCUT2D eigenvalue weighted by molar-refractivity contribution is 7.89. The molecule has 10 nitrogen and oxygen atoms in total. The molecule has 0 spiro atoms. The number of carbonyl (C=O) groups excluding carboxylic acids is 2. The summed E-state index contributed by atoms with van der Waals surface area (Å²) in [6.45, 7) is 5.91. The van der Waals surface area contributed by atoms with Crippen LogP contribution in [0.4, 0.5) is 5.69 Å². The Labute approximate surface area is 218 Å². The van der Waals surface area contributed by atoms with Crippen molar-refractivity contribution in [2.45, 2.75) is 37.0 Å². The van der Waals surface area contributed by atoms with E-state index in [4.69, 9.17) is 4.74 Å². The van der Waals surface area contributed by atoms with Crippen LogP contribution in [0.1, 0.15) is 36.2 Å². The number of carbonyl (C=O) groups is 2. The largest absolute Gasteiger partial charge is 0.452 e. The second-order valence-electron chi connectivity index (χ2n) is 9.68. The lowest BCUT2D eigenvalue weighted by Gasteiger charge is -2.34. The first kappa shape index (κ1) is 28.8. The van der Waals surface area contributed by atoms with Crippen LogP contribution in [0.2, 0.25) is 0 Å². The molecule has 0 aromatic heterocycles. The van der Waals surface area contributed by atoms with Gasteiger partial charge in [-0.1, -0.05) is 26.0 Å². The van der Waals surface area contributed by atoms with Gasteiger partial charge < -0.3 is 10.1 Å². The maximum atomic E-state index is 13.2. The van der Waals surface area contributed by atoms with Crippen LogP contribution in [-0.2, 0) is 29.6 Å². The Bertz CT molecular complexity index is 1380. The van der Waals surface area contributed by atoms with Crippen molar-refractivity contribution in [1.29, 1.82) is 0 Å². The van der Waals surface area contributed by atoms with E-state index in [0.717, 1.165) is 10.7 Å². The minimum Gasteiger partial charge on any atom is -0.452 e. The molecular formula is C25H33N3O7S2. The number of hydrogen-bond donors (Lipinski definition) is 1.